The molecule has 0 saturated heterocycles. The van der Waals surface area contributed by atoms with E-state index in [0.717, 1.165) is 88.4 Å². The first-order valence-electron chi connectivity index (χ1n) is 18.7. The highest BCUT2D eigenvalue weighted by Crippen LogP contribution is 2.38. The zero-order chi connectivity index (χ0) is 37.0. The Bertz CT molecular complexity index is 3240. The van der Waals surface area contributed by atoms with E-state index in [4.69, 9.17) is 23.8 Å². The molecule has 11 aromatic rings. The van der Waals surface area contributed by atoms with Crippen LogP contribution in [0.3, 0.4) is 0 Å². The first-order chi connectivity index (χ1) is 27.7. The van der Waals surface area contributed by atoms with Crippen molar-refractivity contribution in [3.63, 3.8) is 0 Å². The molecule has 5 nitrogen and oxygen atoms in total. The molecule has 3 aromatic heterocycles. The van der Waals surface area contributed by atoms with Gasteiger partial charge in [0.1, 0.15) is 22.3 Å². The van der Waals surface area contributed by atoms with Crippen molar-refractivity contribution in [2.45, 2.75) is 0 Å². The maximum Gasteiger partial charge on any atom is 0.164 e. The minimum absolute atomic E-state index is 0.597. The molecule has 11 rings (SSSR count). The third kappa shape index (κ3) is 5.53. The van der Waals surface area contributed by atoms with Gasteiger partial charge in [-0.15, -0.1) is 0 Å². The van der Waals surface area contributed by atoms with E-state index in [0.29, 0.717) is 17.5 Å². The fourth-order valence-corrected chi connectivity index (χ4v) is 7.76. The van der Waals surface area contributed by atoms with E-state index in [1.165, 1.54) is 5.56 Å². The molecule has 0 aliphatic heterocycles. The van der Waals surface area contributed by atoms with Crippen molar-refractivity contribution in [3.8, 4) is 67.5 Å². The fraction of sp³-hybridized carbons (Fsp3) is 0. The summed E-state index contributed by atoms with van der Waals surface area (Å²) in [4.78, 5) is 15.2. The number of aromatic nitrogens is 3. The van der Waals surface area contributed by atoms with Crippen LogP contribution in [0.2, 0.25) is 0 Å². The summed E-state index contributed by atoms with van der Waals surface area (Å²) < 4.78 is 12.5. The van der Waals surface area contributed by atoms with Crippen LogP contribution in [0.25, 0.3) is 111 Å². The highest BCUT2D eigenvalue weighted by atomic mass is 16.3. The predicted molar refractivity (Wildman–Crippen MR) is 227 cm³/mol. The lowest BCUT2D eigenvalue weighted by Gasteiger charge is -2.10. The molecule has 3 heterocycles. The van der Waals surface area contributed by atoms with Gasteiger partial charge in [-0.1, -0.05) is 146 Å². The van der Waals surface area contributed by atoms with Crippen molar-refractivity contribution in [1.82, 2.24) is 15.0 Å². The second kappa shape index (κ2) is 13.0. The van der Waals surface area contributed by atoms with Crippen molar-refractivity contribution in [2.75, 3.05) is 0 Å². The predicted octanol–water partition coefficient (Wildman–Crippen LogP) is 13.7. The van der Waals surface area contributed by atoms with Crippen LogP contribution < -0.4 is 0 Å². The standard InChI is InChI=1S/C51H31N3O2/c1-3-11-32(12-4-1)38-25-27-40-43-30-37(26-28-45(43)56-47(40)31-38)34-23-21-33(22-24-34)36-15-9-16-39(29-36)50-52-49(35-13-5-2-6-14-35)53-51(54-50)42-18-10-20-46-48(42)41-17-7-8-19-44(41)55-46/h1-31H. The molecule has 0 atom stereocenters. The minimum atomic E-state index is 0.597. The van der Waals surface area contributed by atoms with Crippen molar-refractivity contribution in [1.29, 1.82) is 0 Å². The summed E-state index contributed by atoms with van der Waals surface area (Å²) in [6, 6.07) is 64.7. The summed E-state index contributed by atoms with van der Waals surface area (Å²) in [5.41, 5.74) is 12.9. The topological polar surface area (TPSA) is 65.0 Å². The monoisotopic (exact) mass is 717 g/mol. The van der Waals surface area contributed by atoms with E-state index in [-0.39, 0.29) is 0 Å². The lowest BCUT2D eigenvalue weighted by Crippen LogP contribution is -2.00. The van der Waals surface area contributed by atoms with E-state index in [1.807, 2.05) is 66.7 Å². The maximum absolute atomic E-state index is 6.31. The summed E-state index contributed by atoms with van der Waals surface area (Å²) >= 11 is 0. The van der Waals surface area contributed by atoms with E-state index in [1.54, 1.807) is 0 Å². The van der Waals surface area contributed by atoms with Crippen molar-refractivity contribution in [3.05, 3.63) is 188 Å². The number of benzene rings is 8. The molecule has 0 aliphatic rings. The molecule has 0 spiro atoms. The Morgan fingerprint density at radius 1 is 0.268 bits per heavy atom. The van der Waals surface area contributed by atoms with Gasteiger partial charge in [0, 0.05) is 38.2 Å². The highest BCUT2D eigenvalue weighted by molar-refractivity contribution is 6.12. The molecule has 0 fully saturated rings. The van der Waals surface area contributed by atoms with Crippen molar-refractivity contribution >= 4 is 43.9 Å². The number of para-hydroxylation sites is 1. The van der Waals surface area contributed by atoms with Gasteiger partial charge in [-0.2, -0.15) is 0 Å². The molecule has 8 aromatic carbocycles. The zero-order valence-electron chi connectivity index (χ0n) is 30.1. The molecule has 5 heteroatoms. The van der Waals surface area contributed by atoms with Crippen LogP contribution in [-0.2, 0) is 0 Å². The van der Waals surface area contributed by atoms with Gasteiger partial charge < -0.3 is 8.83 Å². The molecular formula is C51H31N3O2. The third-order valence-electron chi connectivity index (χ3n) is 10.6. The van der Waals surface area contributed by atoms with E-state index >= 15 is 0 Å². The van der Waals surface area contributed by atoms with Crippen LogP contribution in [0.1, 0.15) is 0 Å². The molecule has 0 amide bonds. The number of fused-ring (bicyclic) bond motifs is 6. The number of hydrogen-bond acceptors (Lipinski definition) is 5. The van der Waals surface area contributed by atoms with E-state index < -0.39 is 0 Å². The number of rotatable bonds is 6. The second-order valence-electron chi connectivity index (χ2n) is 14.0. The summed E-state index contributed by atoms with van der Waals surface area (Å²) in [6.45, 7) is 0. The molecule has 0 N–H and O–H groups in total. The normalized spacial score (nSPS) is 11.6. The van der Waals surface area contributed by atoms with E-state index in [2.05, 4.69) is 121 Å². The minimum Gasteiger partial charge on any atom is -0.456 e. The Balaban J connectivity index is 0.951. The Morgan fingerprint density at radius 3 is 1.59 bits per heavy atom. The quantitative estimate of drug-likeness (QED) is 0.171. The number of nitrogens with zero attached hydrogens (tertiary/aromatic N) is 3. The third-order valence-corrected chi connectivity index (χ3v) is 10.6. The van der Waals surface area contributed by atoms with Gasteiger partial charge in [0.05, 0.1) is 0 Å². The van der Waals surface area contributed by atoms with Gasteiger partial charge in [0.25, 0.3) is 0 Å². The highest BCUT2D eigenvalue weighted by Gasteiger charge is 2.18. The smallest absolute Gasteiger partial charge is 0.164 e. The average molecular weight is 718 g/mol. The molecule has 262 valence electrons. The summed E-state index contributed by atoms with van der Waals surface area (Å²) in [5.74, 6) is 1.82. The summed E-state index contributed by atoms with van der Waals surface area (Å²) in [7, 11) is 0. The first kappa shape index (κ1) is 31.9. The Hall–Kier alpha value is -7.63. The molecule has 0 radical (unpaired) electrons. The lowest BCUT2D eigenvalue weighted by atomic mass is 9.98. The van der Waals surface area contributed by atoms with Crippen LogP contribution in [0, 0.1) is 0 Å². The van der Waals surface area contributed by atoms with Gasteiger partial charge in [-0.25, -0.2) is 15.0 Å². The lowest BCUT2D eigenvalue weighted by molar-refractivity contribution is 0.668. The molecule has 56 heavy (non-hydrogen) atoms. The van der Waals surface area contributed by atoms with Gasteiger partial charge in [-0.3, -0.25) is 0 Å². The summed E-state index contributed by atoms with van der Waals surface area (Å²) in [5, 5.41) is 4.24. The van der Waals surface area contributed by atoms with Crippen molar-refractivity contribution in [2.24, 2.45) is 0 Å². The van der Waals surface area contributed by atoms with Crippen LogP contribution in [-0.4, -0.2) is 15.0 Å². The Labute approximate surface area is 322 Å². The Morgan fingerprint density at radius 2 is 0.786 bits per heavy atom. The van der Waals surface area contributed by atoms with Crippen LogP contribution in [0.5, 0.6) is 0 Å². The molecule has 0 aliphatic carbocycles. The molecular weight excluding hydrogens is 687 g/mol. The average Bonchev–Trinajstić information content (AvgIpc) is 3.85. The van der Waals surface area contributed by atoms with Crippen LogP contribution in [0.15, 0.2) is 197 Å². The van der Waals surface area contributed by atoms with Gasteiger partial charge in [-0.05, 0) is 75.8 Å². The molecule has 0 bridgehead atoms. The van der Waals surface area contributed by atoms with Crippen LogP contribution >= 0.6 is 0 Å². The van der Waals surface area contributed by atoms with Crippen molar-refractivity contribution < 1.29 is 8.83 Å². The SMILES string of the molecule is c1ccc(-c2ccc3c(c2)oc2ccc(-c4ccc(-c5cccc(-c6nc(-c7ccccc7)nc(-c7cccc8oc9ccccc9c78)n6)c5)cc4)cc23)cc1. The molecule has 0 unspecified atom stereocenters. The zero-order valence-corrected chi connectivity index (χ0v) is 30.1. The Kier molecular flexibility index (Phi) is 7.42. The van der Waals surface area contributed by atoms with Gasteiger partial charge >= 0.3 is 0 Å². The maximum atomic E-state index is 6.31. The van der Waals surface area contributed by atoms with E-state index in [9.17, 15) is 0 Å². The first-order valence-corrected chi connectivity index (χ1v) is 18.7. The largest absolute Gasteiger partial charge is 0.456 e. The molecule has 0 saturated carbocycles. The van der Waals surface area contributed by atoms with Gasteiger partial charge in [0.15, 0.2) is 17.5 Å². The second-order valence-corrected chi connectivity index (χ2v) is 14.0. The number of furan rings is 2. The fourth-order valence-electron chi connectivity index (χ4n) is 7.76. The number of hydrogen-bond donors (Lipinski definition) is 0. The van der Waals surface area contributed by atoms with Gasteiger partial charge in [0.2, 0.25) is 0 Å². The summed E-state index contributed by atoms with van der Waals surface area (Å²) in [6.07, 6.45) is 0. The van der Waals surface area contributed by atoms with Crippen LogP contribution in [0.4, 0.5) is 0 Å².